The molecular weight excluding hydrogens is 459 g/mol. The van der Waals surface area contributed by atoms with Gasteiger partial charge in [-0.15, -0.1) is 35.3 Å². The number of thiazole rings is 1. The Morgan fingerprint density at radius 3 is 2.88 bits per heavy atom. The van der Waals surface area contributed by atoms with Crippen LogP contribution < -0.4 is 15.4 Å². The first-order chi connectivity index (χ1) is 12.2. The minimum Gasteiger partial charge on any atom is -0.493 e. The molecule has 0 saturated heterocycles. The van der Waals surface area contributed by atoms with Gasteiger partial charge in [0.2, 0.25) is 0 Å². The molecule has 1 aliphatic heterocycles. The van der Waals surface area contributed by atoms with Gasteiger partial charge >= 0.3 is 0 Å². The molecule has 142 valence electrons. The lowest BCUT2D eigenvalue weighted by Gasteiger charge is -2.26. The first-order valence-electron chi connectivity index (χ1n) is 8.78. The summed E-state index contributed by atoms with van der Waals surface area (Å²) in [5, 5.41) is 10.0. The second-order valence-corrected chi connectivity index (χ2v) is 7.44. The second-order valence-electron chi connectivity index (χ2n) is 6.50. The van der Waals surface area contributed by atoms with Crippen molar-refractivity contribution in [3.05, 3.63) is 45.9 Å². The number of fused-ring (bicyclic) bond motifs is 1. The van der Waals surface area contributed by atoms with Gasteiger partial charge in [-0.05, 0) is 24.0 Å². The third-order valence-electron chi connectivity index (χ3n) is 4.39. The number of aliphatic imine (C=N–C) groups is 1. The average Bonchev–Trinajstić information content (AvgIpc) is 3.11. The van der Waals surface area contributed by atoms with Crippen molar-refractivity contribution in [2.45, 2.75) is 38.6 Å². The molecule has 0 bridgehead atoms. The Hall–Kier alpha value is -1.35. The zero-order valence-electron chi connectivity index (χ0n) is 15.5. The molecule has 1 aromatic heterocycles. The van der Waals surface area contributed by atoms with E-state index < -0.39 is 0 Å². The highest BCUT2D eigenvalue weighted by Crippen LogP contribution is 2.32. The van der Waals surface area contributed by atoms with Gasteiger partial charge in [-0.25, -0.2) is 4.98 Å². The van der Waals surface area contributed by atoms with Gasteiger partial charge in [-0.3, -0.25) is 4.99 Å². The number of ether oxygens (including phenoxy) is 1. The fourth-order valence-corrected chi connectivity index (χ4v) is 3.79. The van der Waals surface area contributed by atoms with Crippen molar-refractivity contribution >= 4 is 41.3 Å². The van der Waals surface area contributed by atoms with Gasteiger partial charge in [0.1, 0.15) is 10.8 Å². The molecule has 0 fully saturated rings. The molecule has 0 spiro atoms. The number of para-hydroxylation sites is 1. The highest BCUT2D eigenvalue weighted by atomic mass is 127. The predicted octanol–water partition coefficient (Wildman–Crippen LogP) is 4.12. The Morgan fingerprint density at radius 2 is 2.15 bits per heavy atom. The van der Waals surface area contributed by atoms with Gasteiger partial charge in [-0.2, -0.15) is 0 Å². The van der Waals surface area contributed by atoms with E-state index in [1.54, 1.807) is 18.4 Å². The molecule has 0 aliphatic carbocycles. The van der Waals surface area contributed by atoms with Gasteiger partial charge < -0.3 is 15.4 Å². The van der Waals surface area contributed by atoms with Crippen molar-refractivity contribution in [3.8, 4) is 5.75 Å². The quantitative estimate of drug-likeness (QED) is 0.380. The van der Waals surface area contributed by atoms with Gasteiger partial charge in [0.25, 0.3) is 0 Å². The van der Waals surface area contributed by atoms with Crippen LogP contribution in [0.5, 0.6) is 5.75 Å². The summed E-state index contributed by atoms with van der Waals surface area (Å²) in [6.07, 6.45) is 1.02. The van der Waals surface area contributed by atoms with Crippen LogP contribution in [0, 0.1) is 0 Å². The number of benzene rings is 1. The molecule has 5 nitrogen and oxygen atoms in total. The minimum atomic E-state index is 0. The van der Waals surface area contributed by atoms with Gasteiger partial charge in [0.15, 0.2) is 5.96 Å². The van der Waals surface area contributed by atoms with Crippen molar-refractivity contribution < 1.29 is 4.74 Å². The SMILES string of the molecule is CN=C(NCc1nc(C(C)C)cs1)NCC1CCOc2ccccc21.I. The highest BCUT2D eigenvalue weighted by Gasteiger charge is 2.21. The summed E-state index contributed by atoms with van der Waals surface area (Å²) >= 11 is 1.69. The molecule has 0 amide bonds. The lowest BCUT2D eigenvalue weighted by molar-refractivity contribution is 0.267. The Balaban J connectivity index is 0.00000243. The third kappa shape index (κ3) is 5.33. The maximum atomic E-state index is 5.73. The van der Waals surface area contributed by atoms with Crippen LogP contribution in [0.1, 0.15) is 48.4 Å². The molecule has 2 aromatic rings. The van der Waals surface area contributed by atoms with E-state index in [0.717, 1.165) is 42.0 Å². The van der Waals surface area contributed by atoms with Crippen LogP contribution in [0.25, 0.3) is 0 Å². The third-order valence-corrected chi connectivity index (χ3v) is 5.26. The number of guanidine groups is 1. The van der Waals surface area contributed by atoms with Crippen LogP contribution in [0.4, 0.5) is 0 Å². The van der Waals surface area contributed by atoms with E-state index in [1.165, 1.54) is 5.56 Å². The second kappa shape index (κ2) is 10.1. The maximum absolute atomic E-state index is 5.73. The number of nitrogens with one attached hydrogen (secondary N) is 2. The van der Waals surface area contributed by atoms with Gasteiger partial charge in [0.05, 0.1) is 18.8 Å². The highest BCUT2D eigenvalue weighted by molar-refractivity contribution is 14.0. The molecular formula is C19H27IN4OS. The lowest BCUT2D eigenvalue weighted by atomic mass is 9.93. The van der Waals surface area contributed by atoms with Crippen molar-refractivity contribution in [2.75, 3.05) is 20.2 Å². The van der Waals surface area contributed by atoms with Gasteiger partial charge in [-0.1, -0.05) is 32.0 Å². The standard InChI is InChI=1S/C19H26N4OS.HI/c1-13(2)16-12-25-18(23-16)11-22-19(20-3)21-10-14-8-9-24-17-7-5-4-6-15(14)17;/h4-7,12-14H,8-11H2,1-3H3,(H2,20,21,22);1H. The molecule has 1 atom stereocenters. The first kappa shape index (κ1) is 21.0. The van der Waals surface area contributed by atoms with E-state index in [4.69, 9.17) is 4.74 Å². The van der Waals surface area contributed by atoms with Crippen LogP contribution in [0.15, 0.2) is 34.6 Å². The summed E-state index contributed by atoms with van der Waals surface area (Å²) < 4.78 is 5.73. The topological polar surface area (TPSA) is 58.5 Å². The van der Waals surface area contributed by atoms with Crippen LogP contribution in [0.3, 0.4) is 0 Å². The number of aromatic nitrogens is 1. The normalized spacial score (nSPS) is 16.5. The summed E-state index contributed by atoms with van der Waals surface area (Å²) in [4.78, 5) is 8.98. The molecule has 0 saturated carbocycles. The molecule has 1 aromatic carbocycles. The van der Waals surface area contributed by atoms with Crippen molar-refractivity contribution in [1.29, 1.82) is 0 Å². The van der Waals surface area contributed by atoms with E-state index in [-0.39, 0.29) is 24.0 Å². The minimum absolute atomic E-state index is 0. The number of rotatable bonds is 5. The number of hydrogen-bond acceptors (Lipinski definition) is 4. The molecule has 2 N–H and O–H groups in total. The Labute approximate surface area is 176 Å². The maximum Gasteiger partial charge on any atom is 0.191 e. The zero-order chi connectivity index (χ0) is 17.6. The van der Waals surface area contributed by atoms with Crippen molar-refractivity contribution in [1.82, 2.24) is 15.6 Å². The monoisotopic (exact) mass is 486 g/mol. The van der Waals surface area contributed by atoms with E-state index in [0.29, 0.717) is 18.4 Å². The smallest absolute Gasteiger partial charge is 0.191 e. The number of nitrogens with zero attached hydrogens (tertiary/aromatic N) is 2. The van der Waals surface area contributed by atoms with Crippen LogP contribution >= 0.6 is 35.3 Å². The number of hydrogen-bond donors (Lipinski definition) is 2. The molecule has 26 heavy (non-hydrogen) atoms. The van der Waals surface area contributed by atoms with E-state index in [9.17, 15) is 0 Å². The van der Waals surface area contributed by atoms with Crippen LogP contribution in [-0.2, 0) is 6.54 Å². The van der Waals surface area contributed by atoms with Crippen molar-refractivity contribution in [3.63, 3.8) is 0 Å². The Morgan fingerprint density at radius 1 is 1.35 bits per heavy atom. The summed E-state index contributed by atoms with van der Waals surface area (Å²) in [6.45, 7) is 6.64. The predicted molar refractivity (Wildman–Crippen MR) is 119 cm³/mol. The molecule has 0 radical (unpaired) electrons. The fourth-order valence-electron chi connectivity index (χ4n) is 2.90. The first-order valence-corrected chi connectivity index (χ1v) is 9.66. The Bertz CT molecular complexity index is 732. The summed E-state index contributed by atoms with van der Waals surface area (Å²) in [7, 11) is 1.80. The average molecular weight is 486 g/mol. The summed E-state index contributed by atoms with van der Waals surface area (Å²) in [5.74, 6) is 2.73. The van der Waals surface area contributed by atoms with E-state index >= 15 is 0 Å². The van der Waals surface area contributed by atoms with E-state index in [1.807, 2.05) is 12.1 Å². The molecule has 1 aliphatic rings. The Kier molecular flexibility index (Phi) is 8.15. The van der Waals surface area contributed by atoms with Crippen LogP contribution in [0.2, 0.25) is 0 Å². The summed E-state index contributed by atoms with van der Waals surface area (Å²) in [6, 6.07) is 8.29. The lowest BCUT2D eigenvalue weighted by Crippen LogP contribution is -2.39. The van der Waals surface area contributed by atoms with Crippen LogP contribution in [-0.4, -0.2) is 31.1 Å². The van der Waals surface area contributed by atoms with Crippen molar-refractivity contribution in [2.24, 2.45) is 4.99 Å². The van der Waals surface area contributed by atoms with E-state index in [2.05, 4.69) is 52.0 Å². The van der Waals surface area contributed by atoms with Gasteiger partial charge in [0, 0.05) is 24.9 Å². The summed E-state index contributed by atoms with van der Waals surface area (Å²) in [5.41, 5.74) is 2.43. The largest absolute Gasteiger partial charge is 0.493 e. The molecule has 7 heteroatoms. The molecule has 1 unspecified atom stereocenters. The zero-order valence-corrected chi connectivity index (χ0v) is 18.6. The number of halogens is 1. The molecule has 2 heterocycles. The molecule has 3 rings (SSSR count). The fraction of sp³-hybridized carbons (Fsp3) is 0.474.